The monoisotopic (exact) mass is 317 g/mol. The molecule has 0 spiro atoms. The molecule has 0 aromatic heterocycles. The highest BCUT2D eigenvalue weighted by molar-refractivity contribution is 6.30. The van der Waals surface area contributed by atoms with Gasteiger partial charge in [0.15, 0.2) is 0 Å². The third-order valence-corrected chi connectivity index (χ3v) is 4.00. The van der Waals surface area contributed by atoms with Crippen molar-refractivity contribution in [3.63, 3.8) is 0 Å². The fourth-order valence-corrected chi connectivity index (χ4v) is 2.77. The van der Waals surface area contributed by atoms with Gasteiger partial charge in [-0.1, -0.05) is 18.2 Å². The average molecular weight is 318 g/mol. The Labute approximate surface area is 123 Å². The number of nitrogens with one attached hydrogen (secondary N) is 1. The van der Waals surface area contributed by atoms with E-state index in [9.17, 15) is 18.0 Å². The number of fused-ring (bicyclic) bond motifs is 1. The quantitative estimate of drug-likeness (QED) is 0.808. The summed E-state index contributed by atoms with van der Waals surface area (Å²) in [4.78, 5) is 11.6. The lowest BCUT2D eigenvalue weighted by molar-refractivity contribution is -0.249. The number of hydrogen-bond donors (Lipinski definition) is 1. The van der Waals surface area contributed by atoms with Crippen LogP contribution in [0, 0.1) is 5.92 Å². The lowest BCUT2D eigenvalue weighted by Crippen LogP contribution is -2.51. The highest BCUT2D eigenvalue weighted by Crippen LogP contribution is 2.57. The van der Waals surface area contributed by atoms with Gasteiger partial charge in [0.2, 0.25) is 0 Å². The van der Waals surface area contributed by atoms with Gasteiger partial charge in [0, 0.05) is 10.6 Å². The van der Waals surface area contributed by atoms with Crippen molar-refractivity contribution >= 4 is 23.4 Å². The van der Waals surface area contributed by atoms with E-state index in [4.69, 9.17) is 16.3 Å². The first-order valence-corrected chi connectivity index (χ1v) is 6.69. The number of alkyl halides is 3. The van der Waals surface area contributed by atoms with Crippen LogP contribution < -0.4 is 5.32 Å². The van der Waals surface area contributed by atoms with Crippen LogP contribution in [0.2, 0.25) is 5.02 Å². The maximum Gasteiger partial charge on any atom is 0.437 e. The van der Waals surface area contributed by atoms with E-state index in [-0.39, 0.29) is 27.8 Å². The van der Waals surface area contributed by atoms with Crippen LogP contribution in [0.4, 0.5) is 23.7 Å². The van der Waals surface area contributed by atoms with Crippen molar-refractivity contribution in [1.29, 1.82) is 0 Å². The van der Waals surface area contributed by atoms with Crippen molar-refractivity contribution in [2.24, 2.45) is 5.92 Å². The highest BCUT2D eigenvalue weighted by atomic mass is 35.5. The predicted octanol–water partition coefficient (Wildman–Crippen LogP) is 4.63. The topological polar surface area (TPSA) is 38.3 Å². The molecule has 3 rings (SSSR count). The van der Waals surface area contributed by atoms with Gasteiger partial charge in [-0.2, -0.15) is 13.2 Å². The fourth-order valence-electron chi connectivity index (χ4n) is 2.60. The molecular weight excluding hydrogens is 307 g/mol. The Morgan fingerprint density at radius 2 is 2.10 bits per heavy atom. The molecule has 1 heterocycles. The van der Waals surface area contributed by atoms with Crippen molar-refractivity contribution in [2.75, 3.05) is 5.32 Å². The number of amides is 1. The summed E-state index contributed by atoms with van der Waals surface area (Å²) in [6, 6.07) is 3.91. The predicted molar refractivity (Wildman–Crippen MR) is 71.2 cm³/mol. The van der Waals surface area contributed by atoms with Gasteiger partial charge in [-0.05, 0) is 42.5 Å². The molecule has 112 valence electrons. The second-order valence-electron chi connectivity index (χ2n) is 5.18. The number of ether oxygens (including phenoxy) is 1. The number of benzene rings is 1. The third-order valence-electron chi connectivity index (χ3n) is 3.76. The Morgan fingerprint density at radius 3 is 2.67 bits per heavy atom. The summed E-state index contributed by atoms with van der Waals surface area (Å²) in [7, 11) is 0. The first-order valence-electron chi connectivity index (χ1n) is 6.32. The van der Waals surface area contributed by atoms with Crippen LogP contribution in [0.3, 0.4) is 0 Å². The van der Waals surface area contributed by atoms with E-state index in [1.54, 1.807) is 0 Å². The molecule has 1 aliphatic carbocycles. The summed E-state index contributed by atoms with van der Waals surface area (Å²) >= 11 is 5.83. The summed E-state index contributed by atoms with van der Waals surface area (Å²) in [5, 5.41) is 2.40. The number of hydrogen-bond acceptors (Lipinski definition) is 2. The maximum atomic E-state index is 13.8. The SMILES string of the molecule is C=C(C1CC1)C1(C(F)(F)F)OC(=O)Nc2ccc(Cl)cc21. The van der Waals surface area contributed by atoms with Gasteiger partial charge in [-0.15, -0.1) is 0 Å². The van der Waals surface area contributed by atoms with Crippen LogP contribution in [0.1, 0.15) is 18.4 Å². The Morgan fingerprint density at radius 1 is 1.43 bits per heavy atom. The third kappa shape index (κ3) is 2.09. The second kappa shape index (κ2) is 4.40. The smallest absolute Gasteiger partial charge is 0.423 e. The van der Waals surface area contributed by atoms with E-state index in [1.165, 1.54) is 12.1 Å². The Hall–Kier alpha value is -1.69. The highest BCUT2D eigenvalue weighted by Gasteiger charge is 2.65. The van der Waals surface area contributed by atoms with E-state index in [1.807, 2.05) is 0 Å². The molecule has 21 heavy (non-hydrogen) atoms. The minimum Gasteiger partial charge on any atom is -0.423 e. The van der Waals surface area contributed by atoms with Gasteiger partial charge < -0.3 is 4.74 Å². The zero-order chi connectivity index (χ0) is 15.4. The number of cyclic esters (lactones) is 1. The van der Waals surface area contributed by atoms with Gasteiger partial charge in [0.05, 0.1) is 5.69 Å². The molecule has 1 saturated carbocycles. The molecule has 1 aromatic carbocycles. The summed E-state index contributed by atoms with van der Waals surface area (Å²) in [5.41, 5.74) is -3.17. The molecule has 1 unspecified atom stereocenters. The van der Waals surface area contributed by atoms with Crippen molar-refractivity contribution in [2.45, 2.75) is 24.6 Å². The first kappa shape index (κ1) is 14.3. The van der Waals surface area contributed by atoms with Crippen LogP contribution in [-0.4, -0.2) is 12.3 Å². The molecule has 1 fully saturated rings. The van der Waals surface area contributed by atoms with Gasteiger partial charge in [-0.3, -0.25) is 5.32 Å². The molecule has 7 heteroatoms. The van der Waals surface area contributed by atoms with Gasteiger partial charge >= 0.3 is 12.3 Å². The lowest BCUT2D eigenvalue weighted by Gasteiger charge is -2.41. The van der Waals surface area contributed by atoms with E-state index in [2.05, 4.69) is 11.9 Å². The average Bonchev–Trinajstić information content (AvgIpc) is 3.20. The minimum atomic E-state index is -4.82. The number of carbonyl (C=O) groups is 1. The number of halogens is 4. The Bertz CT molecular complexity index is 640. The molecule has 1 N–H and O–H groups in total. The number of rotatable bonds is 2. The first-order chi connectivity index (χ1) is 9.75. The van der Waals surface area contributed by atoms with E-state index in [0.717, 1.165) is 6.07 Å². The summed E-state index contributed by atoms with van der Waals surface area (Å²) in [5.74, 6) is -0.302. The van der Waals surface area contributed by atoms with Crippen molar-refractivity contribution in [3.05, 3.63) is 40.9 Å². The van der Waals surface area contributed by atoms with E-state index >= 15 is 0 Å². The van der Waals surface area contributed by atoms with Crippen LogP contribution >= 0.6 is 11.6 Å². The van der Waals surface area contributed by atoms with E-state index < -0.39 is 17.9 Å². The molecular formula is C14H11ClF3NO2. The minimum absolute atomic E-state index is 0.0368. The van der Waals surface area contributed by atoms with Crippen LogP contribution in [0.5, 0.6) is 0 Å². The Balaban J connectivity index is 2.26. The fraction of sp³-hybridized carbons (Fsp3) is 0.357. The number of anilines is 1. The molecule has 0 saturated heterocycles. The van der Waals surface area contributed by atoms with Crippen LogP contribution in [0.15, 0.2) is 30.4 Å². The summed E-state index contributed by atoms with van der Waals surface area (Å²) in [6.45, 7) is 3.57. The summed E-state index contributed by atoms with van der Waals surface area (Å²) in [6.07, 6.45) is -4.75. The second-order valence-corrected chi connectivity index (χ2v) is 5.62. The molecule has 1 amide bonds. The molecule has 1 aromatic rings. The lowest BCUT2D eigenvalue weighted by atomic mass is 9.81. The summed E-state index contributed by atoms with van der Waals surface area (Å²) < 4.78 is 46.2. The standard InChI is InChI=1S/C14H11ClF3NO2/c1-7(8-2-3-8)13(14(16,17)18)10-6-9(15)4-5-11(10)19-12(20)21-13/h4-6,8H,1-3H2,(H,19,20). The molecule has 1 aliphatic heterocycles. The zero-order valence-electron chi connectivity index (χ0n) is 10.8. The molecule has 0 radical (unpaired) electrons. The van der Waals surface area contributed by atoms with Gasteiger partial charge in [0.25, 0.3) is 5.60 Å². The Kier molecular flexibility index (Phi) is 2.99. The normalized spacial score (nSPS) is 24.9. The molecule has 3 nitrogen and oxygen atoms in total. The van der Waals surface area contributed by atoms with E-state index in [0.29, 0.717) is 12.8 Å². The van der Waals surface area contributed by atoms with Crippen molar-refractivity contribution in [1.82, 2.24) is 0 Å². The van der Waals surface area contributed by atoms with Crippen molar-refractivity contribution < 1.29 is 22.7 Å². The number of carbonyl (C=O) groups excluding carboxylic acids is 1. The van der Waals surface area contributed by atoms with Crippen LogP contribution in [0.25, 0.3) is 0 Å². The van der Waals surface area contributed by atoms with Crippen molar-refractivity contribution in [3.8, 4) is 0 Å². The van der Waals surface area contributed by atoms with Gasteiger partial charge in [-0.25, -0.2) is 4.79 Å². The molecule has 1 atom stereocenters. The van der Waals surface area contributed by atoms with Crippen LogP contribution in [-0.2, 0) is 10.3 Å². The molecule has 0 bridgehead atoms. The van der Waals surface area contributed by atoms with Gasteiger partial charge in [0.1, 0.15) is 0 Å². The maximum absolute atomic E-state index is 13.8. The zero-order valence-corrected chi connectivity index (χ0v) is 11.5. The largest absolute Gasteiger partial charge is 0.437 e. The molecule has 2 aliphatic rings.